The van der Waals surface area contributed by atoms with Gasteiger partial charge in [0.1, 0.15) is 11.6 Å². The molecule has 172 valence electrons. The summed E-state index contributed by atoms with van der Waals surface area (Å²) in [6.45, 7) is 7.97. The van der Waals surface area contributed by atoms with Crippen molar-refractivity contribution in [3.8, 4) is 0 Å². The highest BCUT2D eigenvalue weighted by atomic mass is 32.2. The highest BCUT2D eigenvalue weighted by molar-refractivity contribution is 7.99. The number of allylic oxidation sites excluding steroid dienone is 1. The van der Waals surface area contributed by atoms with E-state index in [-0.39, 0.29) is 24.0 Å². The predicted molar refractivity (Wildman–Crippen MR) is 129 cm³/mol. The predicted octanol–water partition coefficient (Wildman–Crippen LogP) is 4.39. The fourth-order valence-corrected chi connectivity index (χ4v) is 3.97. The summed E-state index contributed by atoms with van der Waals surface area (Å²) in [5, 5.41) is 14.4. The zero-order chi connectivity index (χ0) is 23.8. The van der Waals surface area contributed by atoms with Crippen LogP contribution in [0.15, 0.2) is 60.3 Å². The smallest absolute Gasteiger partial charge is 0.234 e. The first-order chi connectivity index (χ1) is 15.9. The van der Waals surface area contributed by atoms with E-state index >= 15 is 0 Å². The number of nitrogens with zero attached hydrogens (tertiary/aromatic N) is 3. The molecule has 0 radical (unpaired) electrons. The van der Waals surface area contributed by atoms with E-state index in [0.29, 0.717) is 23.2 Å². The third kappa shape index (κ3) is 6.52. The van der Waals surface area contributed by atoms with E-state index in [0.717, 1.165) is 23.2 Å². The molecule has 0 saturated heterocycles. The van der Waals surface area contributed by atoms with Crippen molar-refractivity contribution in [1.29, 1.82) is 0 Å². The first kappa shape index (κ1) is 24.2. The molecule has 1 heterocycles. The number of nitrogens with one attached hydrogen (secondary N) is 2. The van der Waals surface area contributed by atoms with Crippen LogP contribution in [0.5, 0.6) is 0 Å². The lowest BCUT2D eigenvalue weighted by Gasteiger charge is -2.11. The number of anilines is 2. The molecule has 33 heavy (non-hydrogen) atoms. The number of carbonyl (C=O) groups is 2. The third-order valence-electron chi connectivity index (χ3n) is 4.90. The Morgan fingerprint density at radius 2 is 1.88 bits per heavy atom. The molecule has 0 aliphatic carbocycles. The molecule has 7 nitrogen and oxygen atoms in total. The number of halogens is 1. The number of aryl methyl sites for hydroxylation is 2. The summed E-state index contributed by atoms with van der Waals surface area (Å²) < 4.78 is 15.2. The van der Waals surface area contributed by atoms with Gasteiger partial charge in [0.15, 0.2) is 5.16 Å². The molecule has 1 aromatic heterocycles. The van der Waals surface area contributed by atoms with Gasteiger partial charge in [0.2, 0.25) is 11.8 Å². The Bertz CT molecular complexity index is 1160. The van der Waals surface area contributed by atoms with E-state index in [1.165, 1.54) is 23.9 Å². The Morgan fingerprint density at radius 3 is 2.64 bits per heavy atom. The number of carbonyl (C=O) groups excluding carboxylic acids is 2. The number of amides is 2. The lowest BCUT2D eigenvalue weighted by molar-refractivity contribution is -0.116. The first-order valence-corrected chi connectivity index (χ1v) is 11.5. The minimum atomic E-state index is -0.418. The molecule has 2 N–H and O–H groups in total. The minimum absolute atomic E-state index is 0.0358. The number of hydrogen-bond donors (Lipinski definition) is 2. The van der Waals surface area contributed by atoms with Crippen molar-refractivity contribution in [2.45, 2.75) is 38.4 Å². The Morgan fingerprint density at radius 1 is 1.12 bits per heavy atom. The van der Waals surface area contributed by atoms with Gasteiger partial charge in [-0.05, 0) is 42.7 Å². The Kier molecular flexibility index (Phi) is 8.37. The van der Waals surface area contributed by atoms with Gasteiger partial charge in [0.05, 0.1) is 12.2 Å². The van der Waals surface area contributed by atoms with Gasteiger partial charge in [-0.1, -0.05) is 49.0 Å². The highest BCUT2D eigenvalue weighted by Crippen LogP contribution is 2.21. The summed E-state index contributed by atoms with van der Waals surface area (Å²) in [5.74, 6) is -0.382. The van der Waals surface area contributed by atoms with Crippen LogP contribution in [0.1, 0.15) is 23.9 Å². The lowest BCUT2D eigenvalue weighted by atomic mass is 10.1. The molecule has 3 aromatic rings. The largest absolute Gasteiger partial charge is 0.325 e. The second-order valence-corrected chi connectivity index (χ2v) is 8.27. The van der Waals surface area contributed by atoms with Gasteiger partial charge in [0.25, 0.3) is 0 Å². The van der Waals surface area contributed by atoms with Crippen molar-refractivity contribution in [2.24, 2.45) is 0 Å². The topological polar surface area (TPSA) is 88.9 Å². The van der Waals surface area contributed by atoms with Crippen LogP contribution in [0.3, 0.4) is 0 Å². The van der Waals surface area contributed by atoms with Crippen LogP contribution in [-0.2, 0) is 29.0 Å². The van der Waals surface area contributed by atoms with E-state index < -0.39 is 5.82 Å². The fourth-order valence-electron chi connectivity index (χ4n) is 3.20. The number of rotatable bonds is 10. The Labute approximate surface area is 196 Å². The van der Waals surface area contributed by atoms with Crippen molar-refractivity contribution in [1.82, 2.24) is 14.8 Å². The van der Waals surface area contributed by atoms with E-state index in [4.69, 9.17) is 0 Å². The van der Waals surface area contributed by atoms with Crippen molar-refractivity contribution in [2.75, 3.05) is 16.4 Å². The Balaban J connectivity index is 1.65. The lowest BCUT2D eigenvalue weighted by Crippen LogP contribution is -2.19. The van der Waals surface area contributed by atoms with Crippen molar-refractivity contribution >= 4 is 35.0 Å². The van der Waals surface area contributed by atoms with Gasteiger partial charge in [-0.15, -0.1) is 16.8 Å². The Hall–Kier alpha value is -3.46. The van der Waals surface area contributed by atoms with Crippen LogP contribution in [0.4, 0.5) is 15.8 Å². The van der Waals surface area contributed by atoms with E-state index in [1.807, 2.05) is 31.2 Å². The minimum Gasteiger partial charge on any atom is -0.325 e. The maximum Gasteiger partial charge on any atom is 0.234 e. The molecule has 0 spiro atoms. The molecular formula is C24H26FN5O2S. The highest BCUT2D eigenvalue weighted by Gasteiger charge is 2.17. The van der Waals surface area contributed by atoms with E-state index in [2.05, 4.69) is 27.4 Å². The van der Waals surface area contributed by atoms with Crippen LogP contribution >= 0.6 is 11.8 Å². The molecule has 2 amide bonds. The third-order valence-corrected chi connectivity index (χ3v) is 5.87. The summed E-state index contributed by atoms with van der Waals surface area (Å²) in [7, 11) is 0. The second kappa shape index (κ2) is 11.4. The van der Waals surface area contributed by atoms with Gasteiger partial charge in [-0.2, -0.15) is 0 Å². The average molecular weight is 468 g/mol. The van der Waals surface area contributed by atoms with Crippen LogP contribution in [0, 0.1) is 12.7 Å². The number of benzene rings is 2. The first-order valence-electron chi connectivity index (χ1n) is 10.5. The maximum atomic E-state index is 13.5. The summed E-state index contributed by atoms with van der Waals surface area (Å²) in [5.41, 5.74) is 3.02. The van der Waals surface area contributed by atoms with Crippen LogP contribution in [0.2, 0.25) is 0 Å². The molecule has 0 saturated carbocycles. The van der Waals surface area contributed by atoms with Gasteiger partial charge in [-0.25, -0.2) is 4.39 Å². The number of hydrogen-bond acceptors (Lipinski definition) is 5. The van der Waals surface area contributed by atoms with Gasteiger partial charge < -0.3 is 15.2 Å². The monoisotopic (exact) mass is 467 g/mol. The maximum absolute atomic E-state index is 13.5. The van der Waals surface area contributed by atoms with Gasteiger partial charge in [0, 0.05) is 17.9 Å². The average Bonchev–Trinajstić information content (AvgIpc) is 3.16. The number of aromatic nitrogens is 3. The van der Waals surface area contributed by atoms with Crippen molar-refractivity contribution in [3.05, 3.63) is 77.9 Å². The molecule has 0 unspecified atom stereocenters. The number of para-hydroxylation sites is 1. The normalized spacial score (nSPS) is 10.6. The molecule has 0 aliphatic heterocycles. The van der Waals surface area contributed by atoms with Crippen LogP contribution in [-0.4, -0.2) is 32.3 Å². The molecule has 0 bridgehead atoms. The molecule has 3 rings (SSSR count). The fraction of sp³-hybridized carbons (Fsp3) is 0.250. The summed E-state index contributed by atoms with van der Waals surface area (Å²) in [6, 6.07) is 11.9. The summed E-state index contributed by atoms with van der Waals surface area (Å²) in [4.78, 5) is 25.0. The zero-order valence-corrected chi connectivity index (χ0v) is 19.4. The van der Waals surface area contributed by atoms with Gasteiger partial charge in [-0.3, -0.25) is 9.59 Å². The van der Waals surface area contributed by atoms with E-state index in [9.17, 15) is 14.0 Å². The van der Waals surface area contributed by atoms with Crippen LogP contribution < -0.4 is 10.6 Å². The molecule has 0 fully saturated rings. The van der Waals surface area contributed by atoms with Crippen molar-refractivity contribution < 1.29 is 14.0 Å². The molecular weight excluding hydrogens is 441 g/mol. The molecule has 0 atom stereocenters. The summed E-state index contributed by atoms with van der Waals surface area (Å²) in [6.07, 6.45) is 2.52. The zero-order valence-electron chi connectivity index (χ0n) is 18.6. The summed E-state index contributed by atoms with van der Waals surface area (Å²) >= 11 is 1.19. The standard InChI is InChI=1S/C24H26FN5O2S/c1-4-12-30-21(14-22(31)26-19-9-7-6-8-17(19)5-2)28-29-24(30)33-15-23(32)27-20-13-18(25)11-10-16(20)3/h4,6-11,13H,1,5,12,14-15H2,2-3H3,(H,26,31)(H,27,32). The SMILES string of the molecule is C=CCn1c(CC(=O)Nc2ccccc2CC)nnc1SCC(=O)Nc1cc(F)ccc1C. The van der Waals surface area contributed by atoms with Crippen molar-refractivity contribution in [3.63, 3.8) is 0 Å². The van der Waals surface area contributed by atoms with Gasteiger partial charge >= 0.3 is 0 Å². The quantitative estimate of drug-likeness (QED) is 0.341. The molecule has 0 aliphatic rings. The molecule has 2 aromatic carbocycles. The number of thioether (sulfide) groups is 1. The molecule has 9 heteroatoms. The van der Waals surface area contributed by atoms with Crippen LogP contribution in [0.25, 0.3) is 0 Å². The van der Waals surface area contributed by atoms with E-state index in [1.54, 1.807) is 23.6 Å². The second-order valence-electron chi connectivity index (χ2n) is 7.33.